The summed E-state index contributed by atoms with van der Waals surface area (Å²) in [6.07, 6.45) is 2.10. The summed E-state index contributed by atoms with van der Waals surface area (Å²) in [5, 5.41) is 2.93. The number of piperazine rings is 1. The highest BCUT2D eigenvalue weighted by atomic mass is 79.9. The Morgan fingerprint density at radius 3 is 2.39 bits per heavy atom. The molecule has 1 N–H and O–H groups in total. The van der Waals surface area contributed by atoms with E-state index in [9.17, 15) is 9.59 Å². The second kappa shape index (κ2) is 9.03. The molecule has 0 unspecified atom stereocenters. The molecule has 1 saturated heterocycles. The number of hydrogen-bond acceptors (Lipinski definition) is 3. The van der Waals surface area contributed by atoms with Gasteiger partial charge in [0.1, 0.15) is 0 Å². The normalized spacial score (nSPS) is 15.5. The third-order valence-corrected chi connectivity index (χ3v) is 4.50. The minimum Gasteiger partial charge on any atom is -0.355 e. The Hall–Kier alpha value is -1.40. The number of carbonyl (C=O) groups excluding carboxylic acids is 2. The number of rotatable bonds is 6. The Morgan fingerprint density at radius 2 is 1.78 bits per heavy atom. The zero-order valence-electron chi connectivity index (χ0n) is 13.6. The van der Waals surface area contributed by atoms with Gasteiger partial charge in [-0.05, 0) is 30.7 Å². The van der Waals surface area contributed by atoms with E-state index in [0.717, 1.165) is 36.9 Å². The van der Waals surface area contributed by atoms with Crippen LogP contribution in [0.15, 0.2) is 28.7 Å². The molecule has 0 bridgehead atoms. The maximum absolute atomic E-state index is 12.4. The maximum atomic E-state index is 12.4. The Balaban J connectivity index is 1.76. The van der Waals surface area contributed by atoms with Crippen molar-refractivity contribution >= 4 is 27.7 Å². The van der Waals surface area contributed by atoms with Crippen LogP contribution >= 0.6 is 15.9 Å². The Morgan fingerprint density at radius 1 is 1.13 bits per heavy atom. The number of carbonyl (C=O) groups is 2. The van der Waals surface area contributed by atoms with Crippen molar-refractivity contribution in [2.45, 2.75) is 19.8 Å². The molecule has 1 aliphatic rings. The van der Waals surface area contributed by atoms with Crippen LogP contribution in [0.3, 0.4) is 0 Å². The predicted molar refractivity (Wildman–Crippen MR) is 94.4 cm³/mol. The largest absolute Gasteiger partial charge is 0.355 e. The molecule has 23 heavy (non-hydrogen) atoms. The van der Waals surface area contributed by atoms with E-state index in [0.29, 0.717) is 25.2 Å². The van der Waals surface area contributed by atoms with E-state index < -0.39 is 0 Å². The molecule has 0 spiro atoms. The summed E-state index contributed by atoms with van der Waals surface area (Å²) < 4.78 is 0.966. The molecule has 2 amide bonds. The number of halogens is 1. The zero-order valence-corrected chi connectivity index (χ0v) is 15.1. The molecule has 1 aromatic carbocycles. The first-order valence-corrected chi connectivity index (χ1v) is 8.93. The van der Waals surface area contributed by atoms with Gasteiger partial charge in [0.15, 0.2) is 0 Å². The molecule has 1 heterocycles. The van der Waals surface area contributed by atoms with Gasteiger partial charge < -0.3 is 10.2 Å². The molecule has 2 rings (SSSR count). The summed E-state index contributed by atoms with van der Waals surface area (Å²) in [6.45, 7) is 6.08. The van der Waals surface area contributed by atoms with E-state index in [1.807, 2.05) is 29.2 Å². The van der Waals surface area contributed by atoms with Crippen molar-refractivity contribution in [2.75, 3.05) is 39.3 Å². The van der Waals surface area contributed by atoms with Gasteiger partial charge in [0.2, 0.25) is 5.91 Å². The van der Waals surface area contributed by atoms with Gasteiger partial charge in [-0.15, -0.1) is 0 Å². The first kappa shape index (κ1) is 17.9. The molecule has 0 radical (unpaired) electrons. The second-order valence-corrected chi connectivity index (χ2v) is 6.69. The second-order valence-electron chi connectivity index (χ2n) is 5.78. The minimum atomic E-state index is 0.0598. The lowest BCUT2D eigenvalue weighted by atomic mass is 10.2. The number of hydrogen-bond donors (Lipinski definition) is 1. The van der Waals surface area contributed by atoms with Crippen LogP contribution < -0.4 is 5.32 Å². The SMILES string of the molecule is CCCCNC(=O)CN1CCN(C(=O)c2ccc(Br)cc2)CC1. The fourth-order valence-corrected chi connectivity index (χ4v) is 2.81. The van der Waals surface area contributed by atoms with Crippen molar-refractivity contribution < 1.29 is 9.59 Å². The van der Waals surface area contributed by atoms with Crippen LogP contribution in [0, 0.1) is 0 Å². The molecule has 0 aromatic heterocycles. The summed E-state index contributed by atoms with van der Waals surface area (Å²) in [4.78, 5) is 28.2. The lowest BCUT2D eigenvalue weighted by Gasteiger charge is -2.34. The molecule has 0 aliphatic carbocycles. The summed E-state index contributed by atoms with van der Waals surface area (Å²) in [5.41, 5.74) is 0.707. The summed E-state index contributed by atoms with van der Waals surface area (Å²) >= 11 is 3.37. The van der Waals surface area contributed by atoms with Crippen molar-refractivity contribution in [1.82, 2.24) is 15.1 Å². The summed E-state index contributed by atoms with van der Waals surface area (Å²) in [5.74, 6) is 0.135. The molecule has 1 fully saturated rings. The number of benzene rings is 1. The van der Waals surface area contributed by atoms with Crippen LogP contribution in [-0.4, -0.2) is 60.9 Å². The van der Waals surface area contributed by atoms with E-state index in [1.54, 1.807) is 0 Å². The van der Waals surface area contributed by atoms with Crippen LogP contribution in [0.5, 0.6) is 0 Å². The van der Waals surface area contributed by atoms with Crippen molar-refractivity contribution in [1.29, 1.82) is 0 Å². The van der Waals surface area contributed by atoms with Gasteiger partial charge in [0.05, 0.1) is 6.54 Å². The lowest BCUT2D eigenvalue weighted by Crippen LogP contribution is -2.51. The topological polar surface area (TPSA) is 52.7 Å². The zero-order chi connectivity index (χ0) is 16.7. The van der Waals surface area contributed by atoms with E-state index in [-0.39, 0.29) is 11.8 Å². The number of amides is 2. The van der Waals surface area contributed by atoms with Gasteiger partial charge in [-0.25, -0.2) is 0 Å². The van der Waals surface area contributed by atoms with Crippen LogP contribution in [0.2, 0.25) is 0 Å². The monoisotopic (exact) mass is 381 g/mol. The number of nitrogens with zero attached hydrogens (tertiary/aromatic N) is 2. The van der Waals surface area contributed by atoms with Crippen LogP contribution in [-0.2, 0) is 4.79 Å². The van der Waals surface area contributed by atoms with Crippen molar-refractivity contribution in [2.24, 2.45) is 0 Å². The molecule has 0 atom stereocenters. The molecule has 0 saturated carbocycles. The Labute approximate surface area is 146 Å². The third-order valence-electron chi connectivity index (χ3n) is 3.97. The first-order valence-electron chi connectivity index (χ1n) is 8.14. The number of nitrogens with one attached hydrogen (secondary N) is 1. The molecule has 6 heteroatoms. The van der Waals surface area contributed by atoms with Gasteiger partial charge in [0.25, 0.3) is 5.91 Å². The molecular formula is C17H24BrN3O2. The van der Waals surface area contributed by atoms with Crippen LogP contribution in [0.25, 0.3) is 0 Å². The van der Waals surface area contributed by atoms with Crippen LogP contribution in [0.1, 0.15) is 30.1 Å². The molecule has 1 aliphatic heterocycles. The molecular weight excluding hydrogens is 358 g/mol. The third kappa shape index (κ3) is 5.62. The van der Waals surface area contributed by atoms with E-state index in [1.165, 1.54) is 0 Å². The molecule has 1 aromatic rings. The van der Waals surface area contributed by atoms with E-state index >= 15 is 0 Å². The highest BCUT2D eigenvalue weighted by Crippen LogP contribution is 2.13. The van der Waals surface area contributed by atoms with Gasteiger partial charge >= 0.3 is 0 Å². The van der Waals surface area contributed by atoms with Crippen molar-refractivity contribution in [3.05, 3.63) is 34.3 Å². The Kier molecular flexibility index (Phi) is 7.05. The average Bonchev–Trinajstić information content (AvgIpc) is 2.56. The van der Waals surface area contributed by atoms with Crippen LogP contribution in [0.4, 0.5) is 0 Å². The fraction of sp³-hybridized carbons (Fsp3) is 0.529. The van der Waals surface area contributed by atoms with E-state index in [2.05, 4.69) is 33.1 Å². The van der Waals surface area contributed by atoms with Gasteiger partial charge in [-0.3, -0.25) is 14.5 Å². The van der Waals surface area contributed by atoms with Crippen molar-refractivity contribution in [3.63, 3.8) is 0 Å². The fourth-order valence-electron chi connectivity index (χ4n) is 2.55. The first-order chi connectivity index (χ1) is 11.1. The van der Waals surface area contributed by atoms with Gasteiger partial charge in [0, 0.05) is 42.8 Å². The quantitative estimate of drug-likeness (QED) is 0.767. The smallest absolute Gasteiger partial charge is 0.253 e. The highest BCUT2D eigenvalue weighted by Gasteiger charge is 2.23. The Bertz CT molecular complexity index is 525. The minimum absolute atomic E-state index is 0.0598. The number of unbranched alkanes of at least 4 members (excludes halogenated alkanes) is 1. The summed E-state index contributed by atoms with van der Waals surface area (Å²) in [6, 6.07) is 7.42. The summed E-state index contributed by atoms with van der Waals surface area (Å²) in [7, 11) is 0. The van der Waals surface area contributed by atoms with Gasteiger partial charge in [-0.1, -0.05) is 29.3 Å². The van der Waals surface area contributed by atoms with E-state index in [4.69, 9.17) is 0 Å². The predicted octanol–water partition coefficient (Wildman–Crippen LogP) is 2.12. The van der Waals surface area contributed by atoms with Crippen molar-refractivity contribution in [3.8, 4) is 0 Å². The lowest BCUT2D eigenvalue weighted by molar-refractivity contribution is -0.122. The molecule has 5 nitrogen and oxygen atoms in total. The van der Waals surface area contributed by atoms with Gasteiger partial charge in [-0.2, -0.15) is 0 Å². The standard InChI is InChI=1S/C17H24BrN3O2/c1-2-3-8-19-16(22)13-20-9-11-21(12-10-20)17(23)14-4-6-15(18)7-5-14/h4-7H,2-3,8-13H2,1H3,(H,19,22). The molecule has 126 valence electrons. The highest BCUT2D eigenvalue weighted by molar-refractivity contribution is 9.10. The average molecular weight is 382 g/mol. The maximum Gasteiger partial charge on any atom is 0.253 e.